The fourth-order valence-corrected chi connectivity index (χ4v) is 3.85. The van der Waals surface area contributed by atoms with Gasteiger partial charge in [-0.15, -0.1) is 11.8 Å². The molecule has 1 saturated carbocycles. The normalized spacial score (nSPS) is 16.1. The van der Waals surface area contributed by atoms with Gasteiger partial charge in [-0.25, -0.2) is 0 Å². The Labute approximate surface area is 148 Å². The van der Waals surface area contributed by atoms with Crippen LogP contribution in [0.15, 0.2) is 41.3 Å². The largest absolute Gasteiger partial charge is 0.392 e. The standard InChI is InChI=1S/C20H26N2OS/c1-24-19-11-9-17(10-12-19)20-14-18(8-5-13-23)21-22(20)15-16-6-3-2-4-7-16/h5,8-12,14,16,23H,2-4,6-7,13,15H2,1H3. The molecule has 0 amide bonds. The Balaban J connectivity index is 1.88. The predicted octanol–water partition coefficient (Wildman–Crippen LogP) is 4.86. The van der Waals surface area contributed by atoms with E-state index >= 15 is 0 Å². The SMILES string of the molecule is CSc1ccc(-c2cc(C=CCO)nn2CC2CCCCC2)cc1. The summed E-state index contributed by atoms with van der Waals surface area (Å²) in [6.45, 7) is 1.04. The Hall–Kier alpha value is -1.52. The number of hydrogen-bond acceptors (Lipinski definition) is 3. The highest BCUT2D eigenvalue weighted by molar-refractivity contribution is 7.98. The van der Waals surface area contributed by atoms with Gasteiger partial charge in [0.15, 0.2) is 0 Å². The summed E-state index contributed by atoms with van der Waals surface area (Å²) in [4.78, 5) is 1.28. The van der Waals surface area contributed by atoms with Crippen molar-refractivity contribution in [1.82, 2.24) is 9.78 Å². The third-order valence-corrected chi connectivity index (χ3v) is 5.48. The summed E-state index contributed by atoms with van der Waals surface area (Å²) in [5.74, 6) is 0.734. The van der Waals surface area contributed by atoms with Crippen LogP contribution in [0.2, 0.25) is 0 Å². The van der Waals surface area contributed by atoms with Gasteiger partial charge in [0.05, 0.1) is 18.0 Å². The van der Waals surface area contributed by atoms with Crippen LogP contribution in [0, 0.1) is 5.92 Å². The molecular weight excluding hydrogens is 316 g/mol. The summed E-state index contributed by atoms with van der Waals surface area (Å²) in [7, 11) is 0. The number of nitrogens with zero attached hydrogens (tertiary/aromatic N) is 2. The van der Waals surface area contributed by atoms with Crippen molar-refractivity contribution in [3.8, 4) is 11.3 Å². The molecule has 0 unspecified atom stereocenters. The van der Waals surface area contributed by atoms with E-state index in [0.29, 0.717) is 0 Å². The van der Waals surface area contributed by atoms with Gasteiger partial charge in [0.1, 0.15) is 0 Å². The number of hydrogen-bond donors (Lipinski definition) is 1. The third kappa shape index (κ3) is 4.31. The number of aliphatic hydroxyl groups excluding tert-OH is 1. The molecular formula is C20H26N2OS. The van der Waals surface area contributed by atoms with Gasteiger partial charge in [0, 0.05) is 11.4 Å². The van der Waals surface area contributed by atoms with Crippen molar-refractivity contribution >= 4 is 17.8 Å². The first kappa shape index (κ1) is 17.3. The average molecular weight is 343 g/mol. The van der Waals surface area contributed by atoms with E-state index in [-0.39, 0.29) is 6.61 Å². The third-order valence-electron chi connectivity index (χ3n) is 4.73. The van der Waals surface area contributed by atoms with Crippen molar-refractivity contribution in [2.24, 2.45) is 5.92 Å². The maximum Gasteiger partial charge on any atom is 0.0855 e. The molecule has 0 radical (unpaired) electrons. The summed E-state index contributed by atoms with van der Waals surface area (Å²) in [5, 5.41) is 13.8. The molecule has 0 aliphatic heterocycles. The van der Waals surface area contributed by atoms with Gasteiger partial charge >= 0.3 is 0 Å². The van der Waals surface area contributed by atoms with E-state index in [2.05, 4.69) is 41.3 Å². The minimum atomic E-state index is 0.0488. The van der Waals surface area contributed by atoms with E-state index in [0.717, 1.165) is 18.2 Å². The minimum Gasteiger partial charge on any atom is -0.392 e. The summed E-state index contributed by atoms with van der Waals surface area (Å²) in [6.07, 6.45) is 12.4. The molecule has 0 spiro atoms. The molecule has 24 heavy (non-hydrogen) atoms. The summed E-state index contributed by atoms with van der Waals surface area (Å²) in [6, 6.07) is 10.8. The zero-order chi connectivity index (χ0) is 16.8. The van der Waals surface area contributed by atoms with Crippen molar-refractivity contribution in [3.63, 3.8) is 0 Å². The highest BCUT2D eigenvalue weighted by atomic mass is 32.2. The van der Waals surface area contributed by atoms with Crippen molar-refractivity contribution in [1.29, 1.82) is 0 Å². The lowest BCUT2D eigenvalue weighted by molar-refractivity contribution is 0.309. The Bertz CT molecular complexity index is 669. The second kappa shape index (κ2) is 8.54. The Morgan fingerprint density at radius 3 is 2.62 bits per heavy atom. The van der Waals surface area contributed by atoms with Crippen LogP contribution in [0.4, 0.5) is 0 Å². The van der Waals surface area contributed by atoms with Gasteiger partial charge in [-0.1, -0.05) is 37.5 Å². The molecule has 1 aliphatic rings. The molecule has 0 atom stereocenters. The lowest BCUT2D eigenvalue weighted by Gasteiger charge is -2.22. The summed E-state index contributed by atoms with van der Waals surface area (Å²) in [5.41, 5.74) is 3.30. The molecule has 3 nitrogen and oxygen atoms in total. The Morgan fingerprint density at radius 1 is 1.21 bits per heavy atom. The van der Waals surface area contributed by atoms with E-state index in [1.807, 2.05) is 6.08 Å². The second-order valence-corrected chi connectivity index (χ2v) is 7.33. The van der Waals surface area contributed by atoms with Crippen molar-refractivity contribution in [3.05, 3.63) is 42.1 Å². The molecule has 1 aromatic carbocycles. The fourth-order valence-electron chi connectivity index (χ4n) is 3.44. The number of aliphatic hydroxyl groups is 1. The fraction of sp³-hybridized carbons (Fsp3) is 0.450. The van der Waals surface area contributed by atoms with E-state index < -0.39 is 0 Å². The van der Waals surface area contributed by atoms with Gasteiger partial charge in [0.25, 0.3) is 0 Å². The molecule has 128 valence electrons. The van der Waals surface area contributed by atoms with Gasteiger partial charge in [-0.2, -0.15) is 5.10 Å². The van der Waals surface area contributed by atoms with Crippen LogP contribution >= 0.6 is 11.8 Å². The van der Waals surface area contributed by atoms with Crippen LogP contribution in [-0.2, 0) is 6.54 Å². The van der Waals surface area contributed by atoms with Gasteiger partial charge < -0.3 is 5.11 Å². The first-order valence-electron chi connectivity index (χ1n) is 8.80. The smallest absolute Gasteiger partial charge is 0.0855 e. The number of thioether (sulfide) groups is 1. The molecule has 3 rings (SSSR count). The topological polar surface area (TPSA) is 38.1 Å². The average Bonchev–Trinajstić information content (AvgIpc) is 3.03. The zero-order valence-corrected chi connectivity index (χ0v) is 15.1. The van der Waals surface area contributed by atoms with Gasteiger partial charge in [-0.05, 0) is 54.9 Å². The van der Waals surface area contributed by atoms with Crippen LogP contribution in [0.1, 0.15) is 37.8 Å². The summed E-state index contributed by atoms with van der Waals surface area (Å²) < 4.78 is 2.17. The number of rotatable bonds is 6. The maximum absolute atomic E-state index is 9.02. The second-order valence-electron chi connectivity index (χ2n) is 6.45. The predicted molar refractivity (Wildman–Crippen MR) is 102 cm³/mol. The molecule has 1 aromatic heterocycles. The molecule has 1 fully saturated rings. The van der Waals surface area contributed by atoms with E-state index in [9.17, 15) is 0 Å². The van der Waals surface area contributed by atoms with Crippen LogP contribution in [0.5, 0.6) is 0 Å². The van der Waals surface area contributed by atoms with Crippen LogP contribution in [0.25, 0.3) is 17.3 Å². The quantitative estimate of drug-likeness (QED) is 0.762. The molecule has 4 heteroatoms. The zero-order valence-electron chi connectivity index (χ0n) is 14.3. The molecule has 1 heterocycles. The maximum atomic E-state index is 9.02. The van der Waals surface area contributed by atoms with Crippen LogP contribution in [0.3, 0.4) is 0 Å². The first-order valence-corrected chi connectivity index (χ1v) is 10.0. The first-order chi connectivity index (χ1) is 11.8. The lowest BCUT2D eigenvalue weighted by Crippen LogP contribution is -2.15. The van der Waals surface area contributed by atoms with Gasteiger partial charge in [0.2, 0.25) is 0 Å². The monoisotopic (exact) mass is 342 g/mol. The van der Waals surface area contributed by atoms with E-state index in [1.54, 1.807) is 17.8 Å². The molecule has 1 aliphatic carbocycles. The molecule has 0 bridgehead atoms. The summed E-state index contributed by atoms with van der Waals surface area (Å²) >= 11 is 1.76. The van der Waals surface area contributed by atoms with E-state index in [1.165, 1.54) is 48.3 Å². The molecule has 0 saturated heterocycles. The van der Waals surface area contributed by atoms with Crippen LogP contribution < -0.4 is 0 Å². The van der Waals surface area contributed by atoms with Crippen molar-refractivity contribution in [2.45, 2.75) is 43.5 Å². The highest BCUT2D eigenvalue weighted by Gasteiger charge is 2.17. The number of aromatic nitrogens is 2. The van der Waals surface area contributed by atoms with Crippen molar-refractivity contribution < 1.29 is 5.11 Å². The van der Waals surface area contributed by atoms with Crippen LogP contribution in [-0.4, -0.2) is 27.7 Å². The number of benzene rings is 1. The Morgan fingerprint density at radius 2 is 1.96 bits per heavy atom. The lowest BCUT2D eigenvalue weighted by atomic mass is 9.89. The Kier molecular flexibility index (Phi) is 6.16. The van der Waals surface area contributed by atoms with Crippen molar-refractivity contribution in [2.75, 3.05) is 12.9 Å². The minimum absolute atomic E-state index is 0.0488. The molecule has 2 aromatic rings. The van der Waals surface area contributed by atoms with E-state index in [4.69, 9.17) is 10.2 Å². The molecule has 1 N–H and O–H groups in total. The highest BCUT2D eigenvalue weighted by Crippen LogP contribution is 2.29. The van der Waals surface area contributed by atoms with Gasteiger partial charge in [-0.3, -0.25) is 4.68 Å².